The minimum absolute atomic E-state index is 0.0151. The summed E-state index contributed by atoms with van der Waals surface area (Å²) < 4.78 is 0. The smallest absolute Gasteiger partial charge is 0.155 e. The molecule has 0 amide bonds. The van der Waals surface area contributed by atoms with E-state index < -0.39 is 6.10 Å². The molecule has 0 saturated heterocycles. The fourth-order valence-electron chi connectivity index (χ4n) is 1.27. The van der Waals surface area contributed by atoms with E-state index in [2.05, 4.69) is 13.2 Å². The van der Waals surface area contributed by atoms with Crippen LogP contribution < -0.4 is 0 Å². The molecule has 0 rings (SSSR count). The Kier molecular flexibility index (Phi) is 4.63. The number of aliphatic hydroxyl groups is 1. The van der Waals surface area contributed by atoms with Crippen molar-refractivity contribution in [3.8, 4) is 0 Å². The Morgan fingerprint density at radius 3 is 2.46 bits per heavy atom. The van der Waals surface area contributed by atoms with Gasteiger partial charge in [0.1, 0.15) is 0 Å². The van der Waals surface area contributed by atoms with E-state index in [0.717, 1.165) is 0 Å². The van der Waals surface area contributed by atoms with Gasteiger partial charge in [0.05, 0.1) is 6.10 Å². The van der Waals surface area contributed by atoms with E-state index in [1.54, 1.807) is 0 Å². The lowest BCUT2D eigenvalue weighted by atomic mass is 9.82. The van der Waals surface area contributed by atoms with E-state index in [-0.39, 0.29) is 11.2 Å². The second kappa shape index (κ2) is 4.97. The number of ketones is 1. The van der Waals surface area contributed by atoms with Gasteiger partial charge in [-0.3, -0.25) is 4.79 Å². The van der Waals surface area contributed by atoms with E-state index >= 15 is 0 Å². The third-order valence-corrected chi connectivity index (χ3v) is 1.91. The molecule has 0 aromatic carbocycles. The first-order valence-corrected chi connectivity index (χ1v) is 4.37. The van der Waals surface area contributed by atoms with Gasteiger partial charge in [-0.05, 0) is 17.9 Å². The zero-order valence-corrected chi connectivity index (χ0v) is 8.42. The van der Waals surface area contributed by atoms with Gasteiger partial charge in [0, 0.05) is 6.42 Å². The predicted molar refractivity (Wildman–Crippen MR) is 54.4 cm³/mol. The lowest BCUT2D eigenvalue weighted by molar-refractivity contribution is -0.116. The van der Waals surface area contributed by atoms with Crippen LogP contribution in [-0.2, 0) is 4.79 Å². The maximum absolute atomic E-state index is 11.1. The Balaban J connectivity index is 4.14. The fraction of sp³-hybridized carbons (Fsp3) is 0.545. The molecule has 0 aromatic heterocycles. The van der Waals surface area contributed by atoms with Gasteiger partial charge in [-0.1, -0.05) is 26.5 Å². The summed E-state index contributed by atoms with van der Waals surface area (Å²) in [7, 11) is 0. The summed E-state index contributed by atoms with van der Waals surface area (Å²) in [5.74, 6) is 0.0151. The molecule has 0 fully saturated rings. The van der Waals surface area contributed by atoms with Crippen LogP contribution in [-0.4, -0.2) is 17.0 Å². The van der Waals surface area contributed by atoms with E-state index in [1.165, 1.54) is 12.2 Å². The van der Waals surface area contributed by atoms with E-state index in [0.29, 0.717) is 12.8 Å². The molecule has 0 heterocycles. The van der Waals surface area contributed by atoms with Crippen LogP contribution >= 0.6 is 0 Å². The third-order valence-electron chi connectivity index (χ3n) is 1.91. The molecule has 1 unspecified atom stereocenters. The number of rotatable bonds is 6. The molecule has 74 valence electrons. The highest BCUT2D eigenvalue weighted by atomic mass is 16.3. The highest BCUT2D eigenvalue weighted by molar-refractivity contribution is 5.89. The Hall–Kier alpha value is -0.890. The third kappa shape index (κ3) is 5.36. The molecule has 0 bridgehead atoms. The van der Waals surface area contributed by atoms with E-state index in [4.69, 9.17) is 0 Å². The molecule has 1 N–H and O–H groups in total. The molecule has 1 atom stereocenters. The van der Waals surface area contributed by atoms with Crippen molar-refractivity contribution in [2.75, 3.05) is 0 Å². The largest absolute Gasteiger partial charge is 0.389 e. The van der Waals surface area contributed by atoms with Crippen molar-refractivity contribution in [3.05, 3.63) is 25.3 Å². The van der Waals surface area contributed by atoms with Gasteiger partial charge in [0.25, 0.3) is 0 Å². The van der Waals surface area contributed by atoms with Crippen LogP contribution in [0, 0.1) is 5.41 Å². The molecule has 0 radical (unpaired) electrons. The zero-order valence-electron chi connectivity index (χ0n) is 8.42. The van der Waals surface area contributed by atoms with Gasteiger partial charge in [-0.15, -0.1) is 6.58 Å². The van der Waals surface area contributed by atoms with Gasteiger partial charge in [0.2, 0.25) is 0 Å². The minimum Gasteiger partial charge on any atom is -0.389 e. The van der Waals surface area contributed by atoms with E-state index in [1.807, 2.05) is 13.8 Å². The van der Waals surface area contributed by atoms with Crippen LogP contribution in [0.2, 0.25) is 0 Å². The normalized spacial score (nSPS) is 13.5. The van der Waals surface area contributed by atoms with Crippen LogP contribution in [0.1, 0.15) is 26.7 Å². The average Bonchev–Trinajstić information content (AvgIpc) is 2.02. The first kappa shape index (κ1) is 12.1. The maximum Gasteiger partial charge on any atom is 0.155 e. The maximum atomic E-state index is 11.1. The van der Waals surface area contributed by atoms with Crippen molar-refractivity contribution in [2.24, 2.45) is 5.41 Å². The van der Waals surface area contributed by atoms with Gasteiger partial charge >= 0.3 is 0 Å². The quantitative estimate of drug-likeness (QED) is 0.504. The van der Waals surface area contributed by atoms with Gasteiger partial charge < -0.3 is 5.11 Å². The first-order valence-electron chi connectivity index (χ1n) is 4.37. The monoisotopic (exact) mass is 182 g/mol. The van der Waals surface area contributed by atoms with Crippen molar-refractivity contribution >= 4 is 5.78 Å². The summed E-state index contributed by atoms with van der Waals surface area (Å²) in [6.07, 6.45) is 3.24. The van der Waals surface area contributed by atoms with Crippen LogP contribution in [0.3, 0.4) is 0 Å². The highest BCUT2D eigenvalue weighted by Gasteiger charge is 2.22. The second-order valence-corrected chi connectivity index (χ2v) is 4.02. The molecular formula is C11H18O2. The lowest BCUT2D eigenvalue weighted by Gasteiger charge is -2.24. The Labute approximate surface area is 80.0 Å². The summed E-state index contributed by atoms with van der Waals surface area (Å²) in [6, 6.07) is 0. The number of aliphatic hydroxyl groups excluding tert-OH is 1. The van der Waals surface area contributed by atoms with Crippen LogP contribution in [0.5, 0.6) is 0 Å². The molecule has 0 aliphatic carbocycles. The first-order chi connectivity index (χ1) is 5.91. The Morgan fingerprint density at radius 1 is 1.54 bits per heavy atom. The van der Waals surface area contributed by atoms with Gasteiger partial charge in [-0.25, -0.2) is 0 Å². The van der Waals surface area contributed by atoms with Crippen molar-refractivity contribution in [1.82, 2.24) is 0 Å². The van der Waals surface area contributed by atoms with Crippen molar-refractivity contribution in [3.63, 3.8) is 0 Å². The molecule has 2 nitrogen and oxygen atoms in total. The van der Waals surface area contributed by atoms with Crippen molar-refractivity contribution in [2.45, 2.75) is 32.8 Å². The van der Waals surface area contributed by atoms with Gasteiger partial charge in [-0.2, -0.15) is 0 Å². The number of carbonyl (C=O) groups is 1. The second-order valence-electron chi connectivity index (χ2n) is 4.02. The molecule has 2 heteroatoms. The lowest BCUT2D eigenvalue weighted by Crippen LogP contribution is -2.21. The predicted octanol–water partition coefficient (Wildman–Crippen LogP) is 2.09. The molecule has 0 saturated carbocycles. The SMILES string of the molecule is C=CC(=O)CC(C)(C)CC(O)C=C. The van der Waals surface area contributed by atoms with Crippen molar-refractivity contribution in [1.29, 1.82) is 0 Å². The summed E-state index contributed by atoms with van der Waals surface area (Å²) >= 11 is 0. The average molecular weight is 182 g/mol. The summed E-state index contributed by atoms with van der Waals surface area (Å²) in [5.41, 5.74) is -0.196. The topological polar surface area (TPSA) is 37.3 Å². The summed E-state index contributed by atoms with van der Waals surface area (Å²) in [6.45, 7) is 10.8. The molecule has 0 aliphatic heterocycles. The molecular weight excluding hydrogens is 164 g/mol. The fourth-order valence-corrected chi connectivity index (χ4v) is 1.27. The highest BCUT2D eigenvalue weighted by Crippen LogP contribution is 2.27. The standard InChI is InChI=1S/C11H18O2/c1-5-9(12)7-11(3,4)8-10(13)6-2/h5-6,9,12H,1-2,7-8H2,3-4H3. The Morgan fingerprint density at radius 2 is 2.08 bits per heavy atom. The Bertz CT molecular complexity index is 204. The molecule has 0 aromatic rings. The number of carbonyl (C=O) groups excluding carboxylic acids is 1. The van der Waals surface area contributed by atoms with Crippen LogP contribution in [0.25, 0.3) is 0 Å². The number of allylic oxidation sites excluding steroid dienone is 1. The van der Waals surface area contributed by atoms with Crippen LogP contribution in [0.15, 0.2) is 25.3 Å². The van der Waals surface area contributed by atoms with Gasteiger partial charge in [0.15, 0.2) is 5.78 Å². The number of hydrogen-bond donors (Lipinski definition) is 1. The minimum atomic E-state index is -0.535. The summed E-state index contributed by atoms with van der Waals surface area (Å²) in [5, 5.41) is 9.32. The zero-order chi connectivity index (χ0) is 10.5. The molecule has 0 spiro atoms. The van der Waals surface area contributed by atoms with E-state index in [9.17, 15) is 9.90 Å². The molecule has 13 heavy (non-hydrogen) atoms. The number of hydrogen-bond acceptors (Lipinski definition) is 2. The molecule has 0 aliphatic rings. The van der Waals surface area contributed by atoms with Crippen LogP contribution in [0.4, 0.5) is 0 Å². The summed E-state index contributed by atoms with van der Waals surface area (Å²) in [4.78, 5) is 11.1. The van der Waals surface area contributed by atoms with Crippen molar-refractivity contribution < 1.29 is 9.90 Å².